The number of furan rings is 1. The van der Waals surface area contributed by atoms with E-state index in [1.165, 1.54) is 0 Å². The number of aromatic nitrogens is 5. The molecule has 0 spiro atoms. The monoisotopic (exact) mass is 345 g/mol. The largest absolute Gasteiger partial charge is 0.446 e. The summed E-state index contributed by atoms with van der Waals surface area (Å²) < 4.78 is 13.1. The highest BCUT2D eigenvalue weighted by atomic mass is 79.9. The van der Waals surface area contributed by atoms with Crippen LogP contribution in [0.4, 0.5) is 0 Å². The van der Waals surface area contributed by atoms with Gasteiger partial charge in [-0.25, -0.2) is 9.97 Å². The molecular weight excluding hydrogens is 338 g/mol. The Morgan fingerprint density at radius 3 is 2.86 bits per heavy atom. The SMILES string of the molecule is Cn1cnc2ccc(-c3nc(-c4ccc(Br)o4)no3)nc21. The third-order valence-corrected chi connectivity index (χ3v) is 3.42. The number of halogens is 1. The number of fused-ring (bicyclic) bond motifs is 1. The van der Waals surface area contributed by atoms with Crippen LogP contribution in [-0.2, 0) is 7.05 Å². The number of rotatable bonds is 2. The second kappa shape index (κ2) is 4.52. The molecular formula is C13H8BrN5O2. The molecule has 7 nitrogen and oxygen atoms in total. The number of imidazole rings is 1. The van der Waals surface area contributed by atoms with E-state index in [1.54, 1.807) is 24.5 Å². The first kappa shape index (κ1) is 12.3. The van der Waals surface area contributed by atoms with Crippen LogP contribution in [-0.4, -0.2) is 24.7 Å². The Hall–Kier alpha value is -2.48. The Morgan fingerprint density at radius 1 is 1.14 bits per heavy atom. The van der Waals surface area contributed by atoms with Gasteiger partial charge in [0.25, 0.3) is 5.89 Å². The number of hydrogen-bond acceptors (Lipinski definition) is 6. The molecule has 0 fully saturated rings. The lowest BCUT2D eigenvalue weighted by molar-refractivity contribution is 0.428. The maximum Gasteiger partial charge on any atom is 0.277 e. The summed E-state index contributed by atoms with van der Waals surface area (Å²) in [6.07, 6.45) is 1.71. The van der Waals surface area contributed by atoms with Crippen molar-refractivity contribution < 1.29 is 8.94 Å². The zero-order valence-corrected chi connectivity index (χ0v) is 12.4. The van der Waals surface area contributed by atoms with Crippen molar-refractivity contribution in [2.45, 2.75) is 0 Å². The van der Waals surface area contributed by atoms with E-state index in [0.29, 0.717) is 27.8 Å². The molecule has 0 aliphatic rings. The van der Waals surface area contributed by atoms with Gasteiger partial charge in [0.1, 0.15) is 11.2 Å². The quantitative estimate of drug-likeness (QED) is 0.555. The molecule has 0 amide bonds. The van der Waals surface area contributed by atoms with Crippen LogP contribution in [0.3, 0.4) is 0 Å². The summed E-state index contributed by atoms with van der Waals surface area (Å²) in [6, 6.07) is 7.19. The van der Waals surface area contributed by atoms with Crippen LogP contribution in [0.25, 0.3) is 34.3 Å². The summed E-state index contributed by atoms with van der Waals surface area (Å²) >= 11 is 3.24. The lowest BCUT2D eigenvalue weighted by atomic mass is 10.3. The highest BCUT2D eigenvalue weighted by Gasteiger charge is 2.15. The van der Waals surface area contributed by atoms with Crippen molar-refractivity contribution in [2.75, 3.05) is 0 Å². The molecule has 4 rings (SSSR count). The fraction of sp³-hybridized carbons (Fsp3) is 0.0769. The van der Waals surface area contributed by atoms with Crippen molar-refractivity contribution in [1.29, 1.82) is 0 Å². The van der Waals surface area contributed by atoms with Crippen molar-refractivity contribution in [3.05, 3.63) is 35.3 Å². The lowest BCUT2D eigenvalue weighted by Crippen LogP contribution is -1.90. The second-order valence-corrected chi connectivity index (χ2v) is 5.20. The van der Waals surface area contributed by atoms with Gasteiger partial charge in [0.15, 0.2) is 16.1 Å². The third-order valence-electron chi connectivity index (χ3n) is 3.00. The van der Waals surface area contributed by atoms with Crippen LogP contribution in [0.1, 0.15) is 0 Å². The maximum absolute atomic E-state index is 5.39. The number of pyridine rings is 1. The molecule has 4 aromatic rings. The molecule has 0 aromatic carbocycles. The predicted molar refractivity (Wildman–Crippen MR) is 77.2 cm³/mol. The smallest absolute Gasteiger partial charge is 0.277 e. The fourth-order valence-corrected chi connectivity index (χ4v) is 2.29. The van der Waals surface area contributed by atoms with Gasteiger partial charge in [0.05, 0.1) is 6.33 Å². The molecule has 21 heavy (non-hydrogen) atoms. The molecule has 0 aliphatic carbocycles. The lowest BCUT2D eigenvalue weighted by Gasteiger charge is -1.95. The minimum Gasteiger partial charge on any atom is -0.446 e. The first-order valence-electron chi connectivity index (χ1n) is 6.08. The summed E-state index contributed by atoms with van der Waals surface area (Å²) in [5.74, 6) is 1.24. The van der Waals surface area contributed by atoms with Gasteiger partial charge in [0.2, 0.25) is 5.82 Å². The van der Waals surface area contributed by atoms with Gasteiger partial charge in [-0.3, -0.25) is 0 Å². The van der Waals surface area contributed by atoms with Gasteiger partial charge in [-0.2, -0.15) is 4.98 Å². The first-order valence-corrected chi connectivity index (χ1v) is 6.88. The van der Waals surface area contributed by atoms with Crippen LogP contribution in [0.15, 0.2) is 44.2 Å². The molecule has 0 aliphatic heterocycles. The minimum atomic E-state index is 0.334. The van der Waals surface area contributed by atoms with Gasteiger partial charge in [-0.15, -0.1) is 0 Å². The van der Waals surface area contributed by atoms with Crippen molar-refractivity contribution >= 4 is 27.1 Å². The Labute approximate surface area is 126 Å². The topological polar surface area (TPSA) is 82.8 Å². The maximum atomic E-state index is 5.39. The van der Waals surface area contributed by atoms with Gasteiger partial charge in [0, 0.05) is 7.05 Å². The Morgan fingerprint density at radius 2 is 2.05 bits per heavy atom. The van der Waals surface area contributed by atoms with E-state index >= 15 is 0 Å². The Balaban J connectivity index is 1.78. The molecule has 0 unspecified atom stereocenters. The molecule has 0 N–H and O–H groups in total. The van der Waals surface area contributed by atoms with E-state index in [-0.39, 0.29) is 0 Å². The normalized spacial score (nSPS) is 11.3. The minimum absolute atomic E-state index is 0.334. The van der Waals surface area contributed by atoms with Crippen LogP contribution >= 0.6 is 15.9 Å². The zero-order valence-electron chi connectivity index (χ0n) is 10.8. The van der Waals surface area contributed by atoms with Crippen molar-refractivity contribution in [3.63, 3.8) is 0 Å². The predicted octanol–water partition coefficient (Wildman–Crippen LogP) is 3.04. The van der Waals surface area contributed by atoms with Gasteiger partial charge < -0.3 is 13.5 Å². The average Bonchev–Trinajstić information content (AvgIpc) is 3.19. The summed E-state index contributed by atoms with van der Waals surface area (Å²) in [5, 5.41) is 3.90. The van der Waals surface area contributed by atoms with Crippen molar-refractivity contribution in [2.24, 2.45) is 7.05 Å². The second-order valence-electron chi connectivity index (χ2n) is 4.42. The molecule has 0 saturated heterocycles. The number of hydrogen-bond donors (Lipinski definition) is 0. The van der Waals surface area contributed by atoms with E-state index in [9.17, 15) is 0 Å². The van der Waals surface area contributed by atoms with Crippen molar-refractivity contribution in [1.82, 2.24) is 24.7 Å². The van der Waals surface area contributed by atoms with Crippen LogP contribution in [0.2, 0.25) is 0 Å². The molecule has 8 heteroatoms. The third kappa shape index (κ3) is 2.04. The van der Waals surface area contributed by atoms with Crippen molar-refractivity contribution in [3.8, 4) is 23.2 Å². The molecule has 0 bridgehead atoms. The summed E-state index contributed by atoms with van der Waals surface area (Å²) in [4.78, 5) is 13.0. The van der Waals surface area contributed by atoms with E-state index in [4.69, 9.17) is 8.94 Å². The first-order chi connectivity index (χ1) is 10.2. The summed E-state index contributed by atoms with van der Waals surface area (Å²) in [7, 11) is 1.88. The highest BCUT2D eigenvalue weighted by Crippen LogP contribution is 2.25. The zero-order chi connectivity index (χ0) is 14.4. The van der Waals surface area contributed by atoms with E-state index in [0.717, 1.165) is 11.2 Å². The van der Waals surface area contributed by atoms with E-state index in [2.05, 4.69) is 36.0 Å². The van der Waals surface area contributed by atoms with E-state index in [1.807, 2.05) is 17.7 Å². The van der Waals surface area contributed by atoms with Crippen LogP contribution in [0.5, 0.6) is 0 Å². The van der Waals surface area contributed by atoms with Gasteiger partial charge in [-0.05, 0) is 40.2 Å². The molecule has 0 saturated carbocycles. The number of nitrogens with zero attached hydrogens (tertiary/aromatic N) is 5. The molecule has 0 radical (unpaired) electrons. The van der Waals surface area contributed by atoms with E-state index < -0.39 is 0 Å². The van der Waals surface area contributed by atoms with Gasteiger partial charge >= 0.3 is 0 Å². The highest BCUT2D eigenvalue weighted by molar-refractivity contribution is 9.10. The standard InChI is InChI=1S/C13H8BrN5O2/c1-19-6-15-7-2-3-8(16-12(7)19)13-17-11(18-21-13)9-4-5-10(14)20-9/h2-6H,1H3. The molecule has 0 atom stereocenters. The number of aryl methyl sites for hydroxylation is 1. The summed E-state index contributed by atoms with van der Waals surface area (Å²) in [5.41, 5.74) is 2.17. The fourth-order valence-electron chi connectivity index (χ4n) is 1.99. The average molecular weight is 346 g/mol. The van der Waals surface area contributed by atoms with Gasteiger partial charge in [-0.1, -0.05) is 5.16 Å². The Bertz CT molecular complexity index is 939. The van der Waals surface area contributed by atoms with Crippen LogP contribution < -0.4 is 0 Å². The molecule has 4 aromatic heterocycles. The molecule has 4 heterocycles. The summed E-state index contributed by atoms with van der Waals surface area (Å²) in [6.45, 7) is 0. The van der Waals surface area contributed by atoms with Crippen LogP contribution in [0, 0.1) is 0 Å². The Kier molecular flexibility index (Phi) is 2.64. The molecule has 104 valence electrons.